The normalized spacial score (nSPS) is 32.7. The maximum atomic E-state index is 5.82. The van der Waals surface area contributed by atoms with Crippen LogP contribution >= 0.6 is 0 Å². The molecule has 0 aromatic heterocycles. The Labute approximate surface area is 124 Å². The van der Waals surface area contributed by atoms with Crippen molar-refractivity contribution < 1.29 is 9.47 Å². The lowest BCUT2D eigenvalue weighted by molar-refractivity contribution is -0.0623. The van der Waals surface area contributed by atoms with Crippen LogP contribution in [0.5, 0.6) is 0 Å². The van der Waals surface area contributed by atoms with Crippen molar-refractivity contribution >= 4 is 0 Å². The standard InChI is InChI=1S/C16H32N2O2/c1-14(2)9-17-11-16(5-4-7-20-13-16)12-18-6-8-19-10-15(18)3/h14-15,17H,4-13H2,1-3H3. The molecular weight excluding hydrogens is 252 g/mol. The van der Waals surface area contributed by atoms with Gasteiger partial charge in [0, 0.05) is 37.7 Å². The van der Waals surface area contributed by atoms with Gasteiger partial charge >= 0.3 is 0 Å². The van der Waals surface area contributed by atoms with E-state index in [0.717, 1.165) is 52.6 Å². The van der Waals surface area contributed by atoms with Gasteiger partial charge in [-0.2, -0.15) is 0 Å². The average molecular weight is 284 g/mol. The first-order valence-electron chi connectivity index (χ1n) is 8.22. The lowest BCUT2D eigenvalue weighted by atomic mass is 9.81. The first-order chi connectivity index (χ1) is 9.61. The Hall–Kier alpha value is -0.160. The summed E-state index contributed by atoms with van der Waals surface area (Å²) in [6.07, 6.45) is 2.48. The average Bonchev–Trinajstić information content (AvgIpc) is 2.42. The van der Waals surface area contributed by atoms with Crippen LogP contribution in [0.3, 0.4) is 0 Å². The first-order valence-corrected chi connectivity index (χ1v) is 8.22. The zero-order chi connectivity index (χ0) is 14.4. The highest BCUT2D eigenvalue weighted by Crippen LogP contribution is 2.30. The lowest BCUT2D eigenvalue weighted by Gasteiger charge is -2.44. The molecule has 2 unspecified atom stereocenters. The van der Waals surface area contributed by atoms with Crippen LogP contribution in [0.2, 0.25) is 0 Å². The summed E-state index contributed by atoms with van der Waals surface area (Å²) < 4.78 is 11.4. The van der Waals surface area contributed by atoms with E-state index in [4.69, 9.17) is 9.47 Å². The summed E-state index contributed by atoms with van der Waals surface area (Å²) in [5, 5.41) is 3.66. The van der Waals surface area contributed by atoms with Crippen LogP contribution in [0, 0.1) is 11.3 Å². The summed E-state index contributed by atoms with van der Waals surface area (Å²) in [5.74, 6) is 0.707. The molecule has 2 atom stereocenters. The fourth-order valence-electron chi connectivity index (χ4n) is 3.28. The molecule has 0 bridgehead atoms. The van der Waals surface area contributed by atoms with Crippen molar-refractivity contribution in [3.8, 4) is 0 Å². The predicted octanol–water partition coefficient (Wildman–Crippen LogP) is 1.75. The van der Waals surface area contributed by atoms with Crippen molar-refractivity contribution in [2.24, 2.45) is 11.3 Å². The number of hydrogen-bond donors (Lipinski definition) is 1. The van der Waals surface area contributed by atoms with Crippen molar-refractivity contribution in [1.82, 2.24) is 10.2 Å². The van der Waals surface area contributed by atoms with Crippen molar-refractivity contribution in [3.05, 3.63) is 0 Å². The number of rotatable bonds is 6. The molecule has 0 amide bonds. The van der Waals surface area contributed by atoms with E-state index < -0.39 is 0 Å². The van der Waals surface area contributed by atoms with Gasteiger partial charge in [-0.3, -0.25) is 4.90 Å². The molecule has 2 aliphatic rings. The van der Waals surface area contributed by atoms with E-state index in [1.54, 1.807) is 0 Å². The highest BCUT2D eigenvalue weighted by molar-refractivity contribution is 4.89. The van der Waals surface area contributed by atoms with E-state index in [1.165, 1.54) is 12.8 Å². The Morgan fingerprint density at radius 2 is 2.15 bits per heavy atom. The van der Waals surface area contributed by atoms with Gasteiger partial charge in [-0.15, -0.1) is 0 Å². The molecule has 0 spiro atoms. The molecule has 2 saturated heterocycles. The third-order valence-electron chi connectivity index (χ3n) is 4.50. The fraction of sp³-hybridized carbons (Fsp3) is 1.00. The molecule has 2 aliphatic heterocycles. The molecule has 20 heavy (non-hydrogen) atoms. The Balaban J connectivity index is 1.91. The van der Waals surface area contributed by atoms with Gasteiger partial charge in [0.1, 0.15) is 0 Å². The van der Waals surface area contributed by atoms with E-state index in [0.29, 0.717) is 17.4 Å². The van der Waals surface area contributed by atoms with Crippen LogP contribution in [0.4, 0.5) is 0 Å². The highest BCUT2D eigenvalue weighted by Gasteiger charge is 2.36. The van der Waals surface area contributed by atoms with Crippen molar-refractivity contribution in [1.29, 1.82) is 0 Å². The van der Waals surface area contributed by atoms with Crippen LogP contribution in [0.15, 0.2) is 0 Å². The van der Waals surface area contributed by atoms with E-state index >= 15 is 0 Å². The summed E-state index contributed by atoms with van der Waals surface area (Å²) in [6, 6.07) is 0.535. The molecule has 2 fully saturated rings. The Morgan fingerprint density at radius 3 is 2.80 bits per heavy atom. The monoisotopic (exact) mass is 284 g/mol. The Bertz CT molecular complexity index is 278. The predicted molar refractivity (Wildman–Crippen MR) is 82.0 cm³/mol. The molecule has 2 rings (SSSR count). The molecule has 0 aromatic rings. The smallest absolute Gasteiger partial charge is 0.0619 e. The minimum atomic E-state index is 0.290. The van der Waals surface area contributed by atoms with Crippen molar-refractivity contribution in [2.45, 2.75) is 39.7 Å². The molecule has 118 valence electrons. The van der Waals surface area contributed by atoms with Gasteiger partial charge in [-0.1, -0.05) is 13.8 Å². The zero-order valence-electron chi connectivity index (χ0n) is 13.5. The van der Waals surface area contributed by atoms with Gasteiger partial charge in [0.05, 0.1) is 19.8 Å². The van der Waals surface area contributed by atoms with Gasteiger partial charge in [0.2, 0.25) is 0 Å². The number of morpholine rings is 1. The van der Waals surface area contributed by atoms with E-state index in [2.05, 4.69) is 31.0 Å². The molecule has 2 heterocycles. The van der Waals surface area contributed by atoms with Crippen molar-refractivity contribution in [3.63, 3.8) is 0 Å². The molecule has 0 radical (unpaired) electrons. The SMILES string of the molecule is CC(C)CNCC1(CN2CCOCC2C)CCCOC1. The second-order valence-electron chi connectivity index (χ2n) is 7.08. The van der Waals surface area contributed by atoms with Crippen molar-refractivity contribution in [2.75, 3.05) is 52.6 Å². The Kier molecular flexibility index (Phi) is 6.27. The largest absolute Gasteiger partial charge is 0.381 e. The zero-order valence-corrected chi connectivity index (χ0v) is 13.5. The van der Waals surface area contributed by atoms with Gasteiger partial charge in [0.25, 0.3) is 0 Å². The third kappa shape index (κ3) is 4.69. The van der Waals surface area contributed by atoms with Crippen LogP contribution < -0.4 is 5.32 Å². The van der Waals surface area contributed by atoms with Gasteiger partial charge in [-0.25, -0.2) is 0 Å². The summed E-state index contributed by atoms with van der Waals surface area (Å²) in [4.78, 5) is 2.59. The second kappa shape index (κ2) is 7.74. The van der Waals surface area contributed by atoms with E-state index in [-0.39, 0.29) is 0 Å². The second-order valence-corrected chi connectivity index (χ2v) is 7.08. The number of hydrogen-bond acceptors (Lipinski definition) is 4. The molecule has 1 N–H and O–H groups in total. The quantitative estimate of drug-likeness (QED) is 0.806. The molecule has 4 nitrogen and oxygen atoms in total. The number of ether oxygens (including phenoxy) is 2. The summed E-state index contributed by atoms with van der Waals surface area (Å²) in [6.45, 7) is 14.8. The van der Waals surface area contributed by atoms with E-state index in [9.17, 15) is 0 Å². The number of nitrogens with zero attached hydrogens (tertiary/aromatic N) is 1. The maximum absolute atomic E-state index is 5.82. The molecular formula is C16H32N2O2. The molecule has 0 saturated carbocycles. The van der Waals surface area contributed by atoms with Crippen LogP contribution in [-0.4, -0.2) is 63.5 Å². The fourth-order valence-corrected chi connectivity index (χ4v) is 3.28. The van der Waals surface area contributed by atoms with E-state index in [1.807, 2.05) is 0 Å². The maximum Gasteiger partial charge on any atom is 0.0619 e. The minimum absolute atomic E-state index is 0.290. The van der Waals surface area contributed by atoms with Gasteiger partial charge < -0.3 is 14.8 Å². The summed E-state index contributed by atoms with van der Waals surface area (Å²) in [5.41, 5.74) is 0.290. The molecule has 0 aromatic carbocycles. The highest BCUT2D eigenvalue weighted by atomic mass is 16.5. The number of nitrogens with one attached hydrogen (secondary N) is 1. The lowest BCUT2D eigenvalue weighted by Crippen LogP contribution is -2.54. The van der Waals surface area contributed by atoms with Gasteiger partial charge in [0.15, 0.2) is 0 Å². The van der Waals surface area contributed by atoms with Crippen LogP contribution in [0.25, 0.3) is 0 Å². The van der Waals surface area contributed by atoms with Crippen LogP contribution in [0.1, 0.15) is 33.6 Å². The minimum Gasteiger partial charge on any atom is -0.381 e. The first kappa shape index (κ1) is 16.2. The third-order valence-corrected chi connectivity index (χ3v) is 4.50. The summed E-state index contributed by atoms with van der Waals surface area (Å²) >= 11 is 0. The van der Waals surface area contributed by atoms with Crippen LogP contribution in [-0.2, 0) is 9.47 Å². The molecule has 0 aliphatic carbocycles. The Morgan fingerprint density at radius 1 is 1.30 bits per heavy atom. The summed E-state index contributed by atoms with van der Waals surface area (Å²) in [7, 11) is 0. The topological polar surface area (TPSA) is 33.7 Å². The van der Waals surface area contributed by atoms with Gasteiger partial charge in [-0.05, 0) is 32.2 Å². The molecule has 4 heteroatoms.